The van der Waals surface area contributed by atoms with Crippen molar-refractivity contribution in [3.63, 3.8) is 0 Å². The minimum absolute atomic E-state index is 0.794. The number of anilines is 1. The third-order valence-corrected chi connectivity index (χ3v) is 3.57. The summed E-state index contributed by atoms with van der Waals surface area (Å²) in [6, 6.07) is 16.7. The van der Waals surface area contributed by atoms with Gasteiger partial charge in [0.2, 0.25) is 0 Å². The van der Waals surface area contributed by atoms with Gasteiger partial charge in [0.25, 0.3) is 0 Å². The highest BCUT2D eigenvalue weighted by Crippen LogP contribution is 2.27. The fourth-order valence-corrected chi connectivity index (χ4v) is 2.55. The van der Waals surface area contributed by atoms with Gasteiger partial charge in [0.15, 0.2) is 5.82 Å². The monoisotopic (exact) mass is 277 g/mol. The number of rotatable bonds is 4. The third kappa shape index (κ3) is 2.72. The number of hydrogen-bond acceptors (Lipinski definition) is 3. The highest BCUT2D eigenvalue weighted by atomic mass is 15.0. The molecule has 1 heterocycles. The van der Waals surface area contributed by atoms with Crippen LogP contribution >= 0.6 is 0 Å². The average molecular weight is 277 g/mol. The van der Waals surface area contributed by atoms with E-state index in [-0.39, 0.29) is 0 Å². The molecule has 0 bridgehead atoms. The van der Waals surface area contributed by atoms with Crippen LogP contribution < -0.4 is 5.32 Å². The molecule has 3 heteroatoms. The number of aromatic nitrogens is 2. The Bertz CT molecular complexity index is 760. The molecule has 3 rings (SSSR count). The number of nitrogens with zero attached hydrogens (tertiary/aromatic N) is 2. The average Bonchev–Trinajstić information content (AvgIpc) is 2.54. The number of hydrogen-bond donors (Lipinski definition) is 1. The van der Waals surface area contributed by atoms with Crippen LogP contribution in [0.2, 0.25) is 0 Å². The summed E-state index contributed by atoms with van der Waals surface area (Å²) < 4.78 is 0. The van der Waals surface area contributed by atoms with Crippen molar-refractivity contribution in [3.05, 3.63) is 54.2 Å². The van der Waals surface area contributed by atoms with Gasteiger partial charge >= 0.3 is 0 Å². The lowest BCUT2D eigenvalue weighted by Crippen LogP contribution is -2.01. The summed E-state index contributed by atoms with van der Waals surface area (Å²) in [5.41, 5.74) is 2.17. The summed E-state index contributed by atoms with van der Waals surface area (Å²) in [7, 11) is 1.89. The number of fused-ring (bicyclic) bond motifs is 1. The van der Waals surface area contributed by atoms with Crippen LogP contribution in [0.25, 0.3) is 22.2 Å². The highest BCUT2D eigenvalue weighted by molar-refractivity contribution is 5.95. The van der Waals surface area contributed by atoms with Crippen molar-refractivity contribution in [2.24, 2.45) is 0 Å². The zero-order chi connectivity index (χ0) is 14.7. The van der Waals surface area contributed by atoms with Crippen LogP contribution in [0.5, 0.6) is 0 Å². The number of benzene rings is 2. The van der Waals surface area contributed by atoms with E-state index in [2.05, 4.69) is 59.7 Å². The lowest BCUT2D eigenvalue weighted by Gasteiger charge is -2.09. The smallest absolute Gasteiger partial charge is 0.162 e. The van der Waals surface area contributed by atoms with Gasteiger partial charge in [0.1, 0.15) is 5.82 Å². The summed E-state index contributed by atoms with van der Waals surface area (Å²) >= 11 is 0. The Morgan fingerprint density at radius 1 is 1.00 bits per heavy atom. The fraction of sp³-hybridized carbons (Fsp3) is 0.222. The Balaban J connectivity index is 2.20. The lowest BCUT2D eigenvalue weighted by atomic mass is 10.0. The summed E-state index contributed by atoms with van der Waals surface area (Å²) in [4.78, 5) is 9.37. The van der Waals surface area contributed by atoms with E-state index in [0.717, 1.165) is 35.7 Å². The molecule has 0 radical (unpaired) electrons. The molecule has 3 nitrogen and oxygen atoms in total. The second-order valence-corrected chi connectivity index (χ2v) is 5.09. The van der Waals surface area contributed by atoms with Crippen LogP contribution in [0.4, 0.5) is 5.82 Å². The molecular formula is C18H19N3. The summed E-state index contributed by atoms with van der Waals surface area (Å²) in [6.07, 6.45) is 2.05. The van der Waals surface area contributed by atoms with Crippen molar-refractivity contribution in [2.75, 3.05) is 12.4 Å². The van der Waals surface area contributed by atoms with Gasteiger partial charge in [-0.3, -0.25) is 0 Å². The predicted octanol–water partition coefficient (Wildman–Crippen LogP) is 4.29. The molecule has 0 spiro atoms. The highest BCUT2D eigenvalue weighted by Gasteiger charge is 2.09. The Hall–Kier alpha value is -2.42. The molecule has 0 saturated carbocycles. The summed E-state index contributed by atoms with van der Waals surface area (Å²) in [5.74, 6) is 1.67. The number of nitrogens with one attached hydrogen (secondary N) is 1. The second kappa shape index (κ2) is 5.92. The molecule has 1 N–H and O–H groups in total. The Kier molecular flexibility index (Phi) is 3.82. The van der Waals surface area contributed by atoms with Gasteiger partial charge in [0, 0.05) is 24.4 Å². The third-order valence-electron chi connectivity index (χ3n) is 3.57. The maximum absolute atomic E-state index is 4.74. The molecule has 0 saturated heterocycles. The first-order valence-corrected chi connectivity index (χ1v) is 7.35. The minimum Gasteiger partial charge on any atom is -0.373 e. The van der Waals surface area contributed by atoms with E-state index in [0.29, 0.717) is 0 Å². The maximum atomic E-state index is 4.74. The molecule has 0 amide bonds. The molecule has 2 aromatic carbocycles. The van der Waals surface area contributed by atoms with E-state index >= 15 is 0 Å². The van der Waals surface area contributed by atoms with Gasteiger partial charge in [-0.15, -0.1) is 0 Å². The predicted molar refractivity (Wildman–Crippen MR) is 88.5 cm³/mol. The molecule has 1 aromatic heterocycles. The molecule has 0 aliphatic carbocycles. The van der Waals surface area contributed by atoms with E-state index < -0.39 is 0 Å². The van der Waals surface area contributed by atoms with Crippen molar-refractivity contribution in [3.8, 4) is 11.4 Å². The van der Waals surface area contributed by atoms with Crippen LogP contribution in [-0.2, 0) is 6.42 Å². The standard InChI is InChI=1S/C18H19N3/c1-3-7-14-12-17(19-2)21-18(20-14)16-11-6-9-13-8-4-5-10-15(13)16/h4-6,8-12H,3,7H2,1-2H3,(H,19,20,21). The van der Waals surface area contributed by atoms with E-state index in [1.165, 1.54) is 10.8 Å². The van der Waals surface area contributed by atoms with Gasteiger partial charge in [-0.05, 0) is 17.2 Å². The van der Waals surface area contributed by atoms with E-state index in [4.69, 9.17) is 4.98 Å². The normalized spacial score (nSPS) is 10.8. The largest absolute Gasteiger partial charge is 0.373 e. The fourth-order valence-electron chi connectivity index (χ4n) is 2.55. The molecule has 0 aliphatic rings. The Morgan fingerprint density at radius 3 is 2.62 bits per heavy atom. The molecule has 3 aromatic rings. The van der Waals surface area contributed by atoms with Crippen LogP contribution in [0.3, 0.4) is 0 Å². The van der Waals surface area contributed by atoms with E-state index in [1.807, 2.05) is 13.1 Å². The van der Waals surface area contributed by atoms with Crippen LogP contribution in [0.1, 0.15) is 19.0 Å². The van der Waals surface area contributed by atoms with Crippen molar-refractivity contribution in [1.29, 1.82) is 0 Å². The lowest BCUT2D eigenvalue weighted by molar-refractivity contribution is 0.876. The van der Waals surface area contributed by atoms with Crippen molar-refractivity contribution < 1.29 is 0 Å². The Morgan fingerprint density at radius 2 is 1.81 bits per heavy atom. The SMILES string of the molecule is CCCc1cc(NC)nc(-c2cccc3ccccc23)n1. The summed E-state index contributed by atoms with van der Waals surface area (Å²) in [5, 5.41) is 5.54. The zero-order valence-corrected chi connectivity index (χ0v) is 12.4. The van der Waals surface area contributed by atoms with Gasteiger partial charge in [-0.2, -0.15) is 0 Å². The van der Waals surface area contributed by atoms with Crippen molar-refractivity contribution in [1.82, 2.24) is 9.97 Å². The van der Waals surface area contributed by atoms with Gasteiger partial charge in [0.05, 0.1) is 0 Å². The van der Waals surface area contributed by atoms with E-state index in [9.17, 15) is 0 Å². The maximum Gasteiger partial charge on any atom is 0.162 e. The molecular weight excluding hydrogens is 258 g/mol. The topological polar surface area (TPSA) is 37.8 Å². The molecule has 106 valence electrons. The molecule has 0 atom stereocenters. The van der Waals surface area contributed by atoms with Crippen LogP contribution in [0, 0.1) is 0 Å². The second-order valence-electron chi connectivity index (χ2n) is 5.09. The first-order chi connectivity index (χ1) is 10.3. The van der Waals surface area contributed by atoms with Crippen LogP contribution in [-0.4, -0.2) is 17.0 Å². The first-order valence-electron chi connectivity index (χ1n) is 7.35. The molecule has 0 unspecified atom stereocenters. The van der Waals surface area contributed by atoms with Crippen LogP contribution in [0.15, 0.2) is 48.5 Å². The Labute approximate surface area is 125 Å². The van der Waals surface area contributed by atoms with Gasteiger partial charge in [-0.25, -0.2) is 9.97 Å². The quantitative estimate of drug-likeness (QED) is 0.773. The first kappa shape index (κ1) is 13.6. The summed E-state index contributed by atoms with van der Waals surface area (Å²) in [6.45, 7) is 2.17. The number of aryl methyl sites for hydroxylation is 1. The van der Waals surface area contributed by atoms with E-state index in [1.54, 1.807) is 0 Å². The molecule has 0 fully saturated rings. The molecule has 0 aliphatic heterocycles. The van der Waals surface area contributed by atoms with Gasteiger partial charge < -0.3 is 5.32 Å². The van der Waals surface area contributed by atoms with Crippen molar-refractivity contribution in [2.45, 2.75) is 19.8 Å². The molecule has 21 heavy (non-hydrogen) atoms. The minimum atomic E-state index is 0.794. The zero-order valence-electron chi connectivity index (χ0n) is 12.4. The van der Waals surface area contributed by atoms with Crippen molar-refractivity contribution >= 4 is 16.6 Å². The van der Waals surface area contributed by atoms with Gasteiger partial charge in [-0.1, -0.05) is 55.8 Å².